The van der Waals surface area contributed by atoms with Crippen LogP contribution in [0.2, 0.25) is 0 Å². The number of hydrogen-bond acceptors (Lipinski definition) is 3. The van der Waals surface area contributed by atoms with E-state index in [1.54, 1.807) is 0 Å². The van der Waals surface area contributed by atoms with Crippen molar-refractivity contribution in [3.05, 3.63) is 0 Å². The third-order valence-corrected chi connectivity index (χ3v) is 3.24. The summed E-state index contributed by atoms with van der Waals surface area (Å²) in [6.45, 7) is 8.17. The van der Waals surface area contributed by atoms with Crippen LogP contribution in [0, 0.1) is 0 Å². The van der Waals surface area contributed by atoms with E-state index in [-0.39, 0.29) is 6.04 Å². The number of hydrogen-bond donors (Lipinski definition) is 3. The Morgan fingerprint density at radius 2 is 2.20 bits per heavy atom. The van der Waals surface area contributed by atoms with Crippen LogP contribution in [-0.2, 0) is 0 Å². The second kappa shape index (κ2) is 5.83. The summed E-state index contributed by atoms with van der Waals surface area (Å²) in [6, 6.07) is 0.778. The van der Waals surface area contributed by atoms with E-state index in [0.29, 0.717) is 6.04 Å². The predicted molar refractivity (Wildman–Crippen MR) is 64.0 cm³/mol. The van der Waals surface area contributed by atoms with E-state index in [0.717, 1.165) is 25.9 Å². The molecule has 1 rings (SSSR count). The highest BCUT2D eigenvalue weighted by Crippen LogP contribution is 2.21. The number of nitrogens with one attached hydrogen (secondary N) is 2. The van der Waals surface area contributed by atoms with Crippen molar-refractivity contribution in [3.8, 4) is 0 Å². The SMILES string of the molecule is CC(C)NCCC(C)(O)C1CCCCN1. The molecule has 3 nitrogen and oxygen atoms in total. The Morgan fingerprint density at radius 1 is 1.47 bits per heavy atom. The molecule has 1 saturated heterocycles. The molecular formula is C12H26N2O. The highest BCUT2D eigenvalue weighted by Gasteiger charge is 2.31. The summed E-state index contributed by atoms with van der Waals surface area (Å²) >= 11 is 0. The van der Waals surface area contributed by atoms with E-state index in [1.807, 2.05) is 6.92 Å². The van der Waals surface area contributed by atoms with Gasteiger partial charge in [0.2, 0.25) is 0 Å². The molecule has 3 N–H and O–H groups in total. The third kappa shape index (κ3) is 4.49. The Hall–Kier alpha value is -0.120. The van der Waals surface area contributed by atoms with Gasteiger partial charge in [0.1, 0.15) is 0 Å². The van der Waals surface area contributed by atoms with Gasteiger partial charge >= 0.3 is 0 Å². The zero-order chi connectivity index (χ0) is 11.3. The summed E-state index contributed by atoms with van der Waals surface area (Å²) in [5.74, 6) is 0. The maximum atomic E-state index is 10.3. The first-order valence-electron chi connectivity index (χ1n) is 6.21. The maximum Gasteiger partial charge on any atom is 0.0784 e. The molecule has 0 aliphatic carbocycles. The van der Waals surface area contributed by atoms with Gasteiger partial charge in [-0.3, -0.25) is 0 Å². The summed E-state index contributed by atoms with van der Waals surface area (Å²) < 4.78 is 0. The lowest BCUT2D eigenvalue weighted by Gasteiger charge is -2.36. The minimum Gasteiger partial charge on any atom is -0.389 e. The Bertz CT molecular complexity index is 174. The first-order chi connectivity index (χ1) is 7.02. The molecule has 0 bridgehead atoms. The topological polar surface area (TPSA) is 44.3 Å². The van der Waals surface area contributed by atoms with Gasteiger partial charge in [-0.1, -0.05) is 20.3 Å². The lowest BCUT2D eigenvalue weighted by atomic mass is 9.87. The predicted octanol–water partition coefficient (Wildman–Crippen LogP) is 1.27. The Labute approximate surface area is 93.6 Å². The quantitative estimate of drug-likeness (QED) is 0.646. The van der Waals surface area contributed by atoms with E-state index < -0.39 is 5.60 Å². The normalized spacial score (nSPS) is 26.6. The summed E-state index contributed by atoms with van der Waals surface area (Å²) in [4.78, 5) is 0. The van der Waals surface area contributed by atoms with Crippen molar-refractivity contribution in [1.82, 2.24) is 10.6 Å². The second-order valence-corrected chi connectivity index (χ2v) is 5.22. The van der Waals surface area contributed by atoms with Gasteiger partial charge in [-0.25, -0.2) is 0 Å². The zero-order valence-electron chi connectivity index (χ0n) is 10.3. The first kappa shape index (κ1) is 12.9. The smallest absolute Gasteiger partial charge is 0.0784 e. The standard InChI is InChI=1S/C12H26N2O/c1-10(2)13-9-7-12(3,15)11-6-4-5-8-14-11/h10-11,13-15H,4-9H2,1-3H3. The summed E-state index contributed by atoms with van der Waals surface area (Å²) in [5, 5.41) is 17.1. The second-order valence-electron chi connectivity index (χ2n) is 5.22. The Kier molecular flexibility index (Phi) is 5.03. The molecule has 90 valence electrons. The summed E-state index contributed by atoms with van der Waals surface area (Å²) in [5.41, 5.74) is -0.567. The molecule has 0 aromatic rings. The number of rotatable bonds is 5. The molecule has 15 heavy (non-hydrogen) atoms. The van der Waals surface area contributed by atoms with Crippen molar-refractivity contribution in [3.63, 3.8) is 0 Å². The van der Waals surface area contributed by atoms with Gasteiger partial charge < -0.3 is 15.7 Å². The first-order valence-corrected chi connectivity index (χ1v) is 6.21. The van der Waals surface area contributed by atoms with Crippen LogP contribution in [0.15, 0.2) is 0 Å². The molecule has 0 aromatic heterocycles. The zero-order valence-corrected chi connectivity index (χ0v) is 10.3. The van der Waals surface area contributed by atoms with Gasteiger partial charge in [-0.15, -0.1) is 0 Å². The fraction of sp³-hybridized carbons (Fsp3) is 1.00. The molecule has 1 aliphatic rings. The van der Waals surface area contributed by atoms with Crippen molar-refractivity contribution in [2.45, 2.75) is 64.1 Å². The van der Waals surface area contributed by atoms with E-state index in [2.05, 4.69) is 24.5 Å². The van der Waals surface area contributed by atoms with Crippen LogP contribution in [0.5, 0.6) is 0 Å². The molecule has 1 fully saturated rings. The average molecular weight is 214 g/mol. The Morgan fingerprint density at radius 3 is 2.73 bits per heavy atom. The molecule has 0 radical (unpaired) electrons. The van der Waals surface area contributed by atoms with Crippen molar-refractivity contribution >= 4 is 0 Å². The van der Waals surface area contributed by atoms with Crippen molar-refractivity contribution in [1.29, 1.82) is 0 Å². The van der Waals surface area contributed by atoms with Gasteiger partial charge in [0.25, 0.3) is 0 Å². The fourth-order valence-corrected chi connectivity index (χ4v) is 2.17. The molecule has 3 heteroatoms. The van der Waals surface area contributed by atoms with Crippen LogP contribution in [0.1, 0.15) is 46.5 Å². The minimum absolute atomic E-state index is 0.278. The minimum atomic E-state index is -0.567. The summed E-state index contributed by atoms with van der Waals surface area (Å²) in [7, 11) is 0. The molecule has 1 aliphatic heterocycles. The van der Waals surface area contributed by atoms with Crippen molar-refractivity contribution in [2.75, 3.05) is 13.1 Å². The van der Waals surface area contributed by atoms with Crippen LogP contribution >= 0.6 is 0 Å². The van der Waals surface area contributed by atoms with Gasteiger partial charge in [0, 0.05) is 12.1 Å². The molecule has 2 unspecified atom stereocenters. The summed E-state index contributed by atoms with van der Waals surface area (Å²) in [6.07, 6.45) is 4.42. The average Bonchev–Trinajstić information content (AvgIpc) is 2.18. The molecular weight excluding hydrogens is 188 g/mol. The van der Waals surface area contributed by atoms with Gasteiger partial charge in [-0.2, -0.15) is 0 Å². The molecule has 2 atom stereocenters. The molecule has 1 heterocycles. The van der Waals surface area contributed by atoms with E-state index in [4.69, 9.17) is 0 Å². The van der Waals surface area contributed by atoms with Crippen molar-refractivity contribution < 1.29 is 5.11 Å². The monoisotopic (exact) mass is 214 g/mol. The number of aliphatic hydroxyl groups is 1. The lowest BCUT2D eigenvalue weighted by molar-refractivity contribution is 0.00252. The van der Waals surface area contributed by atoms with E-state index in [9.17, 15) is 5.11 Å². The van der Waals surface area contributed by atoms with Crippen LogP contribution in [0.25, 0.3) is 0 Å². The van der Waals surface area contributed by atoms with Gasteiger partial charge in [0.15, 0.2) is 0 Å². The molecule has 0 spiro atoms. The molecule has 0 amide bonds. The maximum absolute atomic E-state index is 10.3. The van der Waals surface area contributed by atoms with E-state index >= 15 is 0 Å². The van der Waals surface area contributed by atoms with Gasteiger partial charge in [-0.05, 0) is 39.3 Å². The fourth-order valence-electron chi connectivity index (χ4n) is 2.17. The number of piperidine rings is 1. The van der Waals surface area contributed by atoms with Crippen LogP contribution < -0.4 is 10.6 Å². The molecule has 0 saturated carbocycles. The largest absolute Gasteiger partial charge is 0.389 e. The Balaban J connectivity index is 2.29. The molecule has 0 aromatic carbocycles. The highest BCUT2D eigenvalue weighted by atomic mass is 16.3. The van der Waals surface area contributed by atoms with Crippen LogP contribution in [0.3, 0.4) is 0 Å². The van der Waals surface area contributed by atoms with E-state index in [1.165, 1.54) is 12.8 Å². The highest BCUT2D eigenvalue weighted by molar-refractivity contribution is 4.90. The van der Waals surface area contributed by atoms with Crippen LogP contribution in [-0.4, -0.2) is 35.9 Å². The van der Waals surface area contributed by atoms with Crippen molar-refractivity contribution in [2.24, 2.45) is 0 Å². The van der Waals surface area contributed by atoms with Crippen LogP contribution in [0.4, 0.5) is 0 Å². The lowest BCUT2D eigenvalue weighted by Crippen LogP contribution is -2.52. The third-order valence-electron chi connectivity index (χ3n) is 3.24. The van der Waals surface area contributed by atoms with Gasteiger partial charge in [0.05, 0.1) is 5.60 Å².